The fraction of sp³-hybridized carbons (Fsp3) is 0.409. The first-order valence-electron chi connectivity index (χ1n) is 10.4. The number of benzene rings is 1. The lowest BCUT2D eigenvalue weighted by Gasteiger charge is -2.42. The lowest BCUT2D eigenvalue weighted by molar-refractivity contribution is -0.116. The van der Waals surface area contributed by atoms with Gasteiger partial charge in [-0.3, -0.25) is 9.69 Å². The molecule has 0 radical (unpaired) electrons. The van der Waals surface area contributed by atoms with Crippen LogP contribution in [0, 0.1) is 0 Å². The van der Waals surface area contributed by atoms with E-state index in [0.29, 0.717) is 38.4 Å². The summed E-state index contributed by atoms with van der Waals surface area (Å²) < 4.78 is 7.70. The molecule has 9 nitrogen and oxygen atoms in total. The predicted molar refractivity (Wildman–Crippen MR) is 119 cm³/mol. The van der Waals surface area contributed by atoms with Gasteiger partial charge >= 0.3 is 0 Å². The highest BCUT2D eigenvalue weighted by Gasteiger charge is 2.40. The van der Waals surface area contributed by atoms with E-state index in [2.05, 4.69) is 20.2 Å². The highest BCUT2D eigenvalue weighted by Crippen LogP contribution is 2.24. The molecule has 1 fully saturated rings. The Balaban J connectivity index is 1.25. The van der Waals surface area contributed by atoms with Crippen molar-refractivity contribution in [2.24, 2.45) is 7.05 Å². The number of ether oxygens (including phenoxy) is 1. The number of carbonyl (C=O) groups excluding carboxylic acids is 1. The maximum atomic E-state index is 12.1. The quantitative estimate of drug-likeness (QED) is 0.466. The molecule has 0 spiro atoms. The van der Waals surface area contributed by atoms with E-state index in [1.54, 1.807) is 17.1 Å². The van der Waals surface area contributed by atoms with E-state index in [1.807, 2.05) is 42.1 Å². The number of thiazole rings is 1. The van der Waals surface area contributed by atoms with E-state index in [-0.39, 0.29) is 12.5 Å². The Bertz CT molecular complexity index is 1020. The largest absolute Gasteiger partial charge is 0.486 e. The Hall–Kier alpha value is -2.79. The van der Waals surface area contributed by atoms with Crippen LogP contribution < -0.4 is 10.1 Å². The zero-order valence-electron chi connectivity index (χ0n) is 17.8. The summed E-state index contributed by atoms with van der Waals surface area (Å²) in [5.41, 5.74) is 1.63. The Morgan fingerprint density at radius 1 is 1.34 bits per heavy atom. The van der Waals surface area contributed by atoms with Crippen molar-refractivity contribution in [3.63, 3.8) is 0 Å². The number of hydrogen-bond acceptors (Lipinski definition) is 8. The Morgan fingerprint density at radius 2 is 2.16 bits per heavy atom. The van der Waals surface area contributed by atoms with Crippen LogP contribution in [-0.2, 0) is 20.2 Å². The first kappa shape index (κ1) is 22.4. The van der Waals surface area contributed by atoms with Gasteiger partial charge in [0.25, 0.3) is 5.91 Å². The van der Waals surface area contributed by atoms with Crippen molar-refractivity contribution in [3.05, 3.63) is 64.6 Å². The molecular weight excluding hydrogens is 430 g/mol. The minimum Gasteiger partial charge on any atom is -0.486 e. The lowest BCUT2D eigenvalue weighted by Crippen LogP contribution is -2.60. The molecule has 3 heterocycles. The summed E-state index contributed by atoms with van der Waals surface area (Å²) in [6, 6.07) is 7.83. The number of carbonyl (C=O) groups is 1. The van der Waals surface area contributed by atoms with Crippen molar-refractivity contribution in [1.82, 2.24) is 24.8 Å². The van der Waals surface area contributed by atoms with Gasteiger partial charge in [0.05, 0.1) is 11.6 Å². The summed E-state index contributed by atoms with van der Waals surface area (Å²) in [5, 5.41) is 25.7. The van der Waals surface area contributed by atoms with Crippen molar-refractivity contribution in [2.75, 3.05) is 19.6 Å². The van der Waals surface area contributed by atoms with Crippen LogP contribution in [0.15, 0.2) is 47.5 Å². The molecule has 10 heteroatoms. The van der Waals surface area contributed by atoms with E-state index in [9.17, 15) is 15.0 Å². The number of nitrogens with zero attached hydrogens (tertiary/aromatic N) is 4. The highest BCUT2D eigenvalue weighted by atomic mass is 32.1. The van der Waals surface area contributed by atoms with Crippen LogP contribution in [0.4, 0.5) is 0 Å². The van der Waals surface area contributed by atoms with Gasteiger partial charge in [-0.1, -0.05) is 12.1 Å². The molecule has 170 valence electrons. The summed E-state index contributed by atoms with van der Waals surface area (Å²) in [5.74, 6) is 1.27. The Labute approximate surface area is 190 Å². The van der Waals surface area contributed by atoms with Crippen molar-refractivity contribution in [1.29, 1.82) is 0 Å². The number of aryl methyl sites for hydroxylation is 1. The zero-order chi connectivity index (χ0) is 22.6. The number of aliphatic hydroxyl groups is 2. The molecule has 2 aromatic heterocycles. The van der Waals surface area contributed by atoms with Gasteiger partial charge in [0, 0.05) is 51.0 Å². The van der Waals surface area contributed by atoms with Crippen LogP contribution >= 0.6 is 11.3 Å². The minimum absolute atomic E-state index is 0.0135. The van der Waals surface area contributed by atoms with Crippen LogP contribution in [-0.4, -0.2) is 66.9 Å². The van der Waals surface area contributed by atoms with Gasteiger partial charge < -0.3 is 24.8 Å². The van der Waals surface area contributed by atoms with E-state index < -0.39 is 11.7 Å². The normalized spacial score (nSPS) is 21.4. The van der Waals surface area contributed by atoms with Gasteiger partial charge in [0.1, 0.15) is 29.5 Å². The molecule has 2 atom stereocenters. The maximum Gasteiger partial charge on any atom is 0.270 e. The molecule has 1 aromatic carbocycles. The Morgan fingerprint density at radius 3 is 2.81 bits per heavy atom. The summed E-state index contributed by atoms with van der Waals surface area (Å²) >= 11 is 1.33. The lowest BCUT2D eigenvalue weighted by atomic mass is 9.88. The topological polar surface area (TPSA) is 113 Å². The minimum atomic E-state index is -1.36. The molecule has 1 aliphatic rings. The van der Waals surface area contributed by atoms with Crippen LogP contribution in [0.1, 0.15) is 28.3 Å². The first-order valence-corrected chi connectivity index (χ1v) is 11.3. The van der Waals surface area contributed by atoms with Crippen molar-refractivity contribution >= 4 is 17.2 Å². The standard InChI is InChI=1S/C22H27N5O4S/c1-26-9-7-23-20(26)12-31-17-4-2-16(3-5-17)10-27-8-6-22(30,19(28)11-27)14-24-21(29)18-13-32-15-25-18/h2-5,7,9,13,15,19,28,30H,6,8,10-12,14H2,1H3,(H,24,29)/t19-,22-/m1/s1. The third-order valence-corrected chi connectivity index (χ3v) is 6.34. The number of likely N-dealkylation sites (tertiary alicyclic amines) is 1. The number of imidazole rings is 1. The molecule has 1 aliphatic heterocycles. The number of β-amino-alcohol motifs (C(OH)–C–C–N with tert-alkyl or cyclic N) is 1. The van der Waals surface area contributed by atoms with Gasteiger partial charge in [-0.05, 0) is 24.1 Å². The van der Waals surface area contributed by atoms with Crippen molar-refractivity contribution < 1.29 is 19.7 Å². The number of nitrogens with one attached hydrogen (secondary N) is 1. The molecular formula is C22H27N5O4S. The highest BCUT2D eigenvalue weighted by molar-refractivity contribution is 7.07. The monoisotopic (exact) mass is 457 g/mol. The third-order valence-electron chi connectivity index (χ3n) is 5.75. The average Bonchev–Trinajstić information content (AvgIpc) is 3.47. The molecule has 1 amide bonds. The van der Waals surface area contributed by atoms with Crippen LogP contribution in [0.3, 0.4) is 0 Å². The van der Waals surface area contributed by atoms with Crippen LogP contribution in [0.5, 0.6) is 5.75 Å². The number of aromatic nitrogens is 3. The van der Waals surface area contributed by atoms with E-state index in [4.69, 9.17) is 4.74 Å². The van der Waals surface area contributed by atoms with Gasteiger partial charge in [0.2, 0.25) is 0 Å². The predicted octanol–water partition coefficient (Wildman–Crippen LogP) is 1.18. The number of rotatable bonds is 8. The average molecular weight is 458 g/mol. The molecule has 0 bridgehead atoms. The fourth-order valence-electron chi connectivity index (χ4n) is 3.66. The zero-order valence-corrected chi connectivity index (χ0v) is 18.7. The molecule has 0 unspecified atom stereocenters. The van der Waals surface area contributed by atoms with Crippen LogP contribution in [0.25, 0.3) is 0 Å². The second kappa shape index (κ2) is 9.78. The molecule has 0 aliphatic carbocycles. The van der Waals surface area contributed by atoms with E-state index >= 15 is 0 Å². The maximum absolute atomic E-state index is 12.1. The molecule has 32 heavy (non-hydrogen) atoms. The first-order chi connectivity index (χ1) is 15.4. The van der Waals surface area contributed by atoms with Crippen molar-refractivity contribution in [3.8, 4) is 5.75 Å². The van der Waals surface area contributed by atoms with Gasteiger partial charge in [-0.25, -0.2) is 9.97 Å². The summed E-state index contributed by atoms with van der Waals surface area (Å²) in [6.45, 7) is 1.97. The number of amides is 1. The second-order valence-corrected chi connectivity index (χ2v) is 8.77. The Kier molecular flexibility index (Phi) is 6.85. The number of hydrogen-bond donors (Lipinski definition) is 3. The van der Waals surface area contributed by atoms with Gasteiger partial charge in [-0.2, -0.15) is 0 Å². The molecule has 3 aromatic rings. The van der Waals surface area contributed by atoms with E-state index in [1.165, 1.54) is 11.3 Å². The van der Waals surface area contributed by atoms with Crippen LogP contribution in [0.2, 0.25) is 0 Å². The number of piperidine rings is 1. The third kappa shape index (κ3) is 5.33. The molecule has 0 saturated carbocycles. The van der Waals surface area contributed by atoms with E-state index in [0.717, 1.165) is 17.1 Å². The smallest absolute Gasteiger partial charge is 0.270 e. The van der Waals surface area contributed by atoms with Crippen molar-refractivity contribution in [2.45, 2.75) is 31.3 Å². The second-order valence-electron chi connectivity index (χ2n) is 8.05. The SMILES string of the molecule is Cn1ccnc1COc1ccc(CN2CC[C@@](O)(CNC(=O)c3cscn3)[C@H](O)C2)cc1. The summed E-state index contributed by atoms with van der Waals surface area (Å²) in [7, 11) is 1.93. The van der Waals surface area contributed by atoms with Gasteiger partial charge in [0.15, 0.2) is 0 Å². The molecule has 4 rings (SSSR count). The summed E-state index contributed by atoms with van der Waals surface area (Å²) in [4.78, 5) is 22.4. The van der Waals surface area contributed by atoms with Gasteiger partial charge in [-0.15, -0.1) is 11.3 Å². The summed E-state index contributed by atoms with van der Waals surface area (Å²) in [6.07, 6.45) is 3.01. The molecule has 1 saturated heterocycles. The fourth-order valence-corrected chi connectivity index (χ4v) is 4.19. The number of aliphatic hydroxyl groups excluding tert-OH is 1. The molecule has 3 N–H and O–H groups in total.